The Balaban J connectivity index is 1.79. The summed E-state index contributed by atoms with van der Waals surface area (Å²) in [4.78, 5) is -0.0226. The summed E-state index contributed by atoms with van der Waals surface area (Å²) in [7, 11) is -7.48. The molecule has 0 radical (unpaired) electrons. The van der Waals surface area contributed by atoms with Crippen LogP contribution in [0.15, 0.2) is 64.9 Å². The molecule has 0 saturated carbocycles. The minimum atomic E-state index is -4.09. The minimum absolute atomic E-state index is 0.0226. The first-order valence-corrected chi connectivity index (χ1v) is 10.6. The summed E-state index contributed by atoms with van der Waals surface area (Å²) in [6.07, 6.45) is 0.226. The first kappa shape index (κ1) is 17.7. The molecule has 132 valence electrons. The summed E-state index contributed by atoms with van der Waals surface area (Å²) in [6.45, 7) is 1.62. The van der Waals surface area contributed by atoms with Gasteiger partial charge in [-0.25, -0.2) is 8.42 Å². The van der Waals surface area contributed by atoms with E-state index in [4.69, 9.17) is 8.92 Å². The van der Waals surface area contributed by atoms with E-state index < -0.39 is 26.1 Å². The standard InChI is InChI=1S/C17H16O6S2/c1-13-11-15(22-14-5-3-2-4-6-14)7-8-17(13)25(20,21)23-16-9-10-24(18,19)12-16/h2-11,16H,12H2,1H3. The molecular formula is C17H16O6S2. The maximum atomic E-state index is 12.4. The van der Waals surface area contributed by atoms with Gasteiger partial charge in [-0.2, -0.15) is 8.42 Å². The van der Waals surface area contributed by atoms with Crippen LogP contribution in [0.25, 0.3) is 0 Å². The maximum absolute atomic E-state index is 12.4. The number of ether oxygens (including phenoxy) is 1. The molecule has 0 N–H and O–H groups in total. The second kappa shape index (κ2) is 6.62. The second-order valence-corrected chi connectivity index (χ2v) is 9.06. The minimum Gasteiger partial charge on any atom is -0.457 e. The fourth-order valence-corrected chi connectivity index (χ4v) is 4.91. The molecule has 0 amide bonds. The summed E-state index contributed by atoms with van der Waals surface area (Å²) in [6, 6.07) is 13.6. The van der Waals surface area contributed by atoms with E-state index in [9.17, 15) is 16.8 Å². The molecule has 6 nitrogen and oxygen atoms in total. The van der Waals surface area contributed by atoms with Crippen LogP contribution in [-0.2, 0) is 24.1 Å². The van der Waals surface area contributed by atoms with Crippen LogP contribution in [0.3, 0.4) is 0 Å². The van der Waals surface area contributed by atoms with Gasteiger partial charge in [-0.05, 0) is 48.9 Å². The molecule has 0 saturated heterocycles. The Morgan fingerprint density at radius 3 is 2.36 bits per heavy atom. The number of hydrogen-bond donors (Lipinski definition) is 0. The van der Waals surface area contributed by atoms with Crippen LogP contribution in [0.1, 0.15) is 5.56 Å². The van der Waals surface area contributed by atoms with Gasteiger partial charge in [0.25, 0.3) is 10.1 Å². The van der Waals surface area contributed by atoms with Crippen molar-refractivity contribution in [3.63, 3.8) is 0 Å². The van der Waals surface area contributed by atoms with Crippen molar-refractivity contribution in [2.24, 2.45) is 0 Å². The summed E-state index contributed by atoms with van der Waals surface area (Å²) < 4.78 is 58.2. The second-order valence-electron chi connectivity index (χ2n) is 5.59. The van der Waals surface area contributed by atoms with E-state index in [1.807, 2.05) is 18.2 Å². The van der Waals surface area contributed by atoms with Gasteiger partial charge in [-0.15, -0.1) is 0 Å². The number of hydrogen-bond acceptors (Lipinski definition) is 6. The highest BCUT2D eigenvalue weighted by molar-refractivity contribution is 7.94. The Kier molecular flexibility index (Phi) is 4.68. The highest BCUT2D eigenvalue weighted by atomic mass is 32.2. The van der Waals surface area contributed by atoms with Gasteiger partial charge in [0, 0.05) is 5.41 Å². The van der Waals surface area contributed by atoms with E-state index in [0.29, 0.717) is 17.1 Å². The predicted octanol–water partition coefficient (Wildman–Crippen LogP) is 2.80. The molecular weight excluding hydrogens is 364 g/mol. The van der Waals surface area contributed by atoms with Gasteiger partial charge in [-0.3, -0.25) is 4.18 Å². The van der Waals surface area contributed by atoms with Crippen LogP contribution >= 0.6 is 0 Å². The summed E-state index contributed by atoms with van der Waals surface area (Å²) >= 11 is 0. The van der Waals surface area contributed by atoms with Crippen LogP contribution in [-0.4, -0.2) is 28.7 Å². The van der Waals surface area contributed by atoms with Crippen molar-refractivity contribution in [1.82, 2.24) is 0 Å². The van der Waals surface area contributed by atoms with Gasteiger partial charge in [0.05, 0.1) is 10.6 Å². The van der Waals surface area contributed by atoms with Gasteiger partial charge in [0.15, 0.2) is 9.84 Å². The van der Waals surface area contributed by atoms with Crippen molar-refractivity contribution >= 4 is 20.0 Å². The quantitative estimate of drug-likeness (QED) is 0.742. The van der Waals surface area contributed by atoms with Crippen molar-refractivity contribution in [3.05, 3.63) is 65.6 Å². The Morgan fingerprint density at radius 2 is 1.76 bits per heavy atom. The van der Waals surface area contributed by atoms with Gasteiger partial charge >= 0.3 is 0 Å². The molecule has 25 heavy (non-hydrogen) atoms. The third-order valence-corrected chi connectivity index (χ3v) is 6.40. The van der Waals surface area contributed by atoms with Gasteiger partial charge in [-0.1, -0.05) is 18.2 Å². The topological polar surface area (TPSA) is 86.7 Å². The van der Waals surface area contributed by atoms with Crippen molar-refractivity contribution in [2.45, 2.75) is 17.9 Å². The number of rotatable bonds is 5. The fraction of sp³-hybridized carbons (Fsp3) is 0.176. The van der Waals surface area contributed by atoms with Gasteiger partial charge < -0.3 is 4.74 Å². The lowest BCUT2D eigenvalue weighted by Crippen LogP contribution is -2.20. The van der Waals surface area contributed by atoms with E-state index in [1.54, 1.807) is 25.1 Å². The molecule has 0 spiro atoms. The Hall–Kier alpha value is -2.16. The predicted molar refractivity (Wildman–Crippen MR) is 92.7 cm³/mol. The smallest absolute Gasteiger partial charge is 0.297 e. The van der Waals surface area contributed by atoms with Crippen molar-refractivity contribution in [1.29, 1.82) is 0 Å². The molecule has 0 aliphatic carbocycles. The summed E-state index contributed by atoms with van der Waals surface area (Å²) in [5, 5.41) is 0.969. The third-order valence-electron chi connectivity index (χ3n) is 3.54. The molecule has 0 bridgehead atoms. The highest BCUT2D eigenvalue weighted by Crippen LogP contribution is 2.27. The van der Waals surface area contributed by atoms with E-state index in [2.05, 4.69) is 0 Å². The van der Waals surface area contributed by atoms with Crippen LogP contribution < -0.4 is 4.74 Å². The molecule has 2 aromatic rings. The molecule has 0 aromatic heterocycles. The van der Waals surface area contributed by atoms with E-state index >= 15 is 0 Å². The molecule has 8 heteroatoms. The molecule has 1 atom stereocenters. The van der Waals surface area contributed by atoms with E-state index in [-0.39, 0.29) is 10.6 Å². The van der Waals surface area contributed by atoms with Crippen molar-refractivity contribution in [2.75, 3.05) is 5.75 Å². The van der Waals surface area contributed by atoms with Gasteiger partial charge in [0.1, 0.15) is 17.6 Å². The first-order chi connectivity index (χ1) is 11.8. The van der Waals surface area contributed by atoms with Gasteiger partial charge in [0.2, 0.25) is 0 Å². The zero-order chi connectivity index (χ0) is 18.1. The average molecular weight is 380 g/mol. The lowest BCUT2D eigenvalue weighted by molar-refractivity contribution is 0.279. The molecule has 1 unspecified atom stereocenters. The number of para-hydroxylation sites is 1. The number of benzene rings is 2. The Labute approximate surface area is 146 Å². The molecule has 3 rings (SSSR count). The molecule has 1 aliphatic heterocycles. The molecule has 0 fully saturated rings. The Morgan fingerprint density at radius 1 is 1.04 bits per heavy atom. The summed E-state index contributed by atoms with van der Waals surface area (Å²) in [5.74, 6) is 0.751. The van der Waals surface area contributed by atoms with Crippen molar-refractivity contribution < 1.29 is 25.8 Å². The van der Waals surface area contributed by atoms with E-state index in [0.717, 1.165) is 5.41 Å². The zero-order valence-electron chi connectivity index (χ0n) is 13.3. The maximum Gasteiger partial charge on any atom is 0.297 e. The monoisotopic (exact) mass is 380 g/mol. The number of sulfone groups is 1. The zero-order valence-corrected chi connectivity index (χ0v) is 15.0. The fourth-order valence-electron chi connectivity index (χ4n) is 2.41. The SMILES string of the molecule is Cc1cc(Oc2ccccc2)ccc1S(=O)(=O)OC1C=CS(=O)(=O)C1. The Bertz CT molecular complexity index is 1010. The number of aryl methyl sites for hydroxylation is 1. The lowest BCUT2D eigenvalue weighted by atomic mass is 10.2. The third kappa shape index (κ3) is 4.28. The average Bonchev–Trinajstić information content (AvgIpc) is 2.86. The van der Waals surface area contributed by atoms with Crippen LogP contribution in [0.2, 0.25) is 0 Å². The van der Waals surface area contributed by atoms with Crippen LogP contribution in [0.5, 0.6) is 11.5 Å². The lowest BCUT2D eigenvalue weighted by Gasteiger charge is -2.13. The van der Waals surface area contributed by atoms with Crippen LogP contribution in [0.4, 0.5) is 0 Å². The largest absolute Gasteiger partial charge is 0.457 e. The molecule has 1 aliphatic rings. The van der Waals surface area contributed by atoms with E-state index in [1.165, 1.54) is 18.2 Å². The highest BCUT2D eigenvalue weighted by Gasteiger charge is 2.29. The van der Waals surface area contributed by atoms with Crippen molar-refractivity contribution in [3.8, 4) is 11.5 Å². The molecule has 1 heterocycles. The molecule has 2 aromatic carbocycles. The normalized spacial score (nSPS) is 19.0. The first-order valence-electron chi connectivity index (χ1n) is 7.43. The summed E-state index contributed by atoms with van der Waals surface area (Å²) in [5.41, 5.74) is 0.443. The van der Waals surface area contributed by atoms with Crippen LogP contribution in [0, 0.1) is 6.92 Å².